The van der Waals surface area contributed by atoms with Crippen LogP contribution in [0.25, 0.3) is 0 Å². The number of hydrogen-bond acceptors (Lipinski definition) is 2. The van der Waals surface area contributed by atoms with Crippen LogP contribution < -0.4 is 5.73 Å². The van der Waals surface area contributed by atoms with Gasteiger partial charge in [-0.15, -0.1) is 12.4 Å². The minimum atomic E-state index is -4.46. The van der Waals surface area contributed by atoms with E-state index in [0.717, 1.165) is 6.07 Å². The number of benzene rings is 1. The summed E-state index contributed by atoms with van der Waals surface area (Å²) in [7, 11) is 0. The first-order chi connectivity index (χ1) is 7.36. The molecule has 7 heteroatoms. The largest absolute Gasteiger partial charge is 0.416 e. The number of rotatable bonds is 3. The molecule has 0 spiro atoms. The molecule has 0 bridgehead atoms. The highest BCUT2D eigenvalue weighted by atomic mass is 35.5. The number of alkyl halides is 3. The summed E-state index contributed by atoms with van der Waals surface area (Å²) in [5.41, 5.74) is 4.54. The summed E-state index contributed by atoms with van der Waals surface area (Å²) in [5, 5.41) is 8.74. The van der Waals surface area contributed by atoms with Crippen LogP contribution >= 0.6 is 24.0 Å². The van der Waals surface area contributed by atoms with Crippen LogP contribution in [0.5, 0.6) is 0 Å². The minimum absolute atomic E-state index is 0. The summed E-state index contributed by atoms with van der Waals surface area (Å²) in [6.45, 7) is -0.386. The zero-order valence-electron chi connectivity index (χ0n) is 8.67. The highest BCUT2D eigenvalue weighted by molar-refractivity contribution is 6.31. The van der Waals surface area contributed by atoms with E-state index < -0.39 is 17.8 Å². The Labute approximate surface area is 108 Å². The summed E-state index contributed by atoms with van der Waals surface area (Å²) in [4.78, 5) is 0. The zero-order chi connectivity index (χ0) is 12.3. The smallest absolute Gasteiger partial charge is 0.395 e. The Kier molecular flexibility index (Phi) is 6.26. The predicted octanol–water partition coefficient (Wildman–Crippen LogP) is 2.64. The molecule has 0 aliphatic carbocycles. The summed E-state index contributed by atoms with van der Waals surface area (Å²) >= 11 is 5.70. The van der Waals surface area contributed by atoms with Gasteiger partial charge in [0.2, 0.25) is 0 Å². The molecule has 0 aromatic heterocycles. The maximum absolute atomic E-state index is 12.6. The average Bonchev–Trinajstić information content (AvgIpc) is 2.19. The van der Waals surface area contributed by atoms with Crippen molar-refractivity contribution in [2.45, 2.75) is 18.6 Å². The van der Waals surface area contributed by atoms with Gasteiger partial charge in [0.05, 0.1) is 12.2 Å². The molecule has 1 aromatic rings. The maximum atomic E-state index is 12.6. The van der Waals surface area contributed by atoms with Gasteiger partial charge in [-0.25, -0.2) is 0 Å². The van der Waals surface area contributed by atoms with Gasteiger partial charge in [-0.2, -0.15) is 13.2 Å². The van der Waals surface area contributed by atoms with Crippen LogP contribution in [-0.2, 0) is 12.6 Å². The van der Waals surface area contributed by atoms with Crippen LogP contribution in [0.1, 0.15) is 11.1 Å². The van der Waals surface area contributed by atoms with Crippen molar-refractivity contribution in [3.8, 4) is 0 Å². The first-order valence-corrected chi connectivity index (χ1v) is 4.95. The molecule has 98 valence electrons. The third kappa shape index (κ3) is 4.35. The summed E-state index contributed by atoms with van der Waals surface area (Å²) in [6.07, 6.45) is -4.57. The van der Waals surface area contributed by atoms with E-state index in [4.69, 9.17) is 22.4 Å². The van der Waals surface area contributed by atoms with Crippen molar-refractivity contribution in [2.75, 3.05) is 6.61 Å². The van der Waals surface area contributed by atoms with Crippen LogP contribution in [0.15, 0.2) is 18.2 Å². The molecule has 0 aliphatic rings. The molecular weight excluding hydrogens is 278 g/mol. The van der Waals surface area contributed by atoms with Gasteiger partial charge in [0.1, 0.15) is 0 Å². The van der Waals surface area contributed by atoms with Crippen molar-refractivity contribution in [2.24, 2.45) is 5.73 Å². The van der Waals surface area contributed by atoms with Gasteiger partial charge in [-0.1, -0.05) is 17.7 Å². The zero-order valence-corrected chi connectivity index (χ0v) is 10.2. The molecule has 0 saturated carbocycles. The van der Waals surface area contributed by atoms with Gasteiger partial charge < -0.3 is 10.8 Å². The Morgan fingerprint density at radius 2 is 1.94 bits per heavy atom. The van der Waals surface area contributed by atoms with Gasteiger partial charge >= 0.3 is 6.18 Å². The number of hydrogen-bond donors (Lipinski definition) is 2. The molecule has 1 atom stereocenters. The molecular formula is C10H12Cl2F3NO. The minimum Gasteiger partial charge on any atom is -0.395 e. The highest BCUT2D eigenvalue weighted by Crippen LogP contribution is 2.35. The van der Waals surface area contributed by atoms with Crippen molar-refractivity contribution in [3.05, 3.63) is 34.3 Å². The Bertz CT molecular complexity index is 371. The average molecular weight is 290 g/mol. The van der Waals surface area contributed by atoms with Crippen molar-refractivity contribution in [1.82, 2.24) is 0 Å². The Balaban J connectivity index is 0.00000256. The maximum Gasteiger partial charge on any atom is 0.416 e. The molecule has 0 saturated heterocycles. The molecule has 1 aromatic carbocycles. The van der Waals surface area contributed by atoms with Crippen LogP contribution in [0.4, 0.5) is 13.2 Å². The lowest BCUT2D eigenvalue weighted by Crippen LogP contribution is -2.28. The molecule has 3 N–H and O–H groups in total. The second-order valence-electron chi connectivity index (χ2n) is 3.41. The molecule has 1 unspecified atom stereocenters. The monoisotopic (exact) mass is 289 g/mol. The molecule has 1 rings (SSSR count). The van der Waals surface area contributed by atoms with Crippen LogP contribution in [0, 0.1) is 0 Å². The Morgan fingerprint density at radius 1 is 1.35 bits per heavy atom. The quantitative estimate of drug-likeness (QED) is 0.899. The fraction of sp³-hybridized carbons (Fsp3) is 0.400. The molecule has 0 amide bonds. The fourth-order valence-corrected chi connectivity index (χ4v) is 1.61. The van der Waals surface area contributed by atoms with E-state index in [2.05, 4.69) is 0 Å². The lowest BCUT2D eigenvalue weighted by molar-refractivity contribution is -0.138. The van der Waals surface area contributed by atoms with Crippen molar-refractivity contribution >= 4 is 24.0 Å². The number of halogens is 5. The molecule has 17 heavy (non-hydrogen) atoms. The van der Waals surface area contributed by atoms with Gasteiger partial charge in [-0.05, 0) is 24.1 Å². The summed E-state index contributed by atoms with van der Waals surface area (Å²) in [5.74, 6) is 0. The van der Waals surface area contributed by atoms with E-state index in [9.17, 15) is 13.2 Å². The molecule has 0 aliphatic heterocycles. The van der Waals surface area contributed by atoms with Gasteiger partial charge in [0.15, 0.2) is 0 Å². The molecule has 0 radical (unpaired) electrons. The van der Waals surface area contributed by atoms with E-state index >= 15 is 0 Å². The van der Waals surface area contributed by atoms with Crippen molar-refractivity contribution in [3.63, 3.8) is 0 Å². The topological polar surface area (TPSA) is 46.2 Å². The van der Waals surface area contributed by atoms with E-state index in [0.29, 0.717) is 0 Å². The highest BCUT2D eigenvalue weighted by Gasteiger charge is 2.34. The standard InChI is InChI=1S/C10H11ClF3NO.ClH/c11-9-3-1-2-8(10(12,13)14)7(9)4-6(15)5-16;/h1-3,6,16H,4-5,15H2;1H. The summed E-state index contributed by atoms with van der Waals surface area (Å²) < 4.78 is 37.9. The Morgan fingerprint density at radius 3 is 2.41 bits per heavy atom. The van der Waals surface area contributed by atoms with E-state index in [1.807, 2.05) is 0 Å². The molecule has 0 fully saturated rings. The first kappa shape index (κ1) is 16.5. The second kappa shape index (κ2) is 6.44. The Hall–Kier alpha value is -0.490. The van der Waals surface area contributed by atoms with Gasteiger partial charge in [0, 0.05) is 11.1 Å². The predicted molar refractivity (Wildman–Crippen MR) is 62.5 cm³/mol. The number of aliphatic hydroxyl groups excluding tert-OH is 1. The fourth-order valence-electron chi connectivity index (χ4n) is 1.36. The van der Waals surface area contributed by atoms with E-state index in [1.54, 1.807) is 0 Å². The van der Waals surface area contributed by atoms with E-state index in [-0.39, 0.29) is 36.0 Å². The van der Waals surface area contributed by atoms with Crippen LogP contribution in [0.3, 0.4) is 0 Å². The molecule has 2 nitrogen and oxygen atoms in total. The van der Waals surface area contributed by atoms with Gasteiger partial charge in [-0.3, -0.25) is 0 Å². The van der Waals surface area contributed by atoms with E-state index in [1.165, 1.54) is 12.1 Å². The van der Waals surface area contributed by atoms with Crippen molar-refractivity contribution < 1.29 is 18.3 Å². The number of aliphatic hydroxyl groups is 1. The normalized spacial score (nSPS) is 13.1. The second-order valence-corrected chi connectivity index (χ2v) is 3.82. The van der Waals surface area contributed by atoms with Crippen molar-refractivity contribution in [1.29, 1.82) is 0 Å². The van der Waals surface area contributed by atoms with Crippen LogP contribution in [0.2, 0.25) is 5.02 Å². The van der Waals surface area contributed by atoms with Gasteiger partial charge in [0.25, 0.3) is 0 Å². The lowest BCUT2D eigenvalue weighted by atomic mass is 10.0. The molecule has 0 heterocycles. The third-order valence-corrected chi connectivity index (χ3v) is 2.48. The summed E-state index contributed by atoms with van der Waals surface area (Å²) in [6, 6.07) is 2.81. The number of nitrogens with two attached hydrogens (primary N) is 1. The first-order valence-electron chi connectivity index (χ1n) is 4.57. The van der Waals surface area contributed by atoms with Crippen LogP contribution in [-0.4, -0.2) is 17.8 Å². The third-order valence-electron chi connectivity index (χ3n) is 2.13. The lowest BCUT2D eigenvalue weighted by Gasteiger charge is -2.16. The SMILES string of the molecule is Cl.NC(CO)Cc1c(Cl)cccc1C(F)(F)F.